The molecule has 0 saturated heterocycles. The van der Waals surface area contributed by atoms with Crippen LogP contribution in [0.4, 0.5) is 0 Å². The van der Waals surface area contributed by atoms with E-state index in [9.17, 15) is 0 Å². The molecule has 0 bridgehead atoms. The first-order chi connectivity index (χ1) is 16.5. The van der Waals surface area contributed by atoms with Gasteiger partial charge in [-0.1, -0.05) is 122 Å². The summed E-state index contributed by atoms with van der Waals surface area (Å²) < 4.78 is 0. The largest absolute Gasteiger partial charge is 0.0683 e. The Bertz CT molecular complexity index is 1400. The summed E-state index contributed by atoms with van der Waals surface area (Å²) in [7, 11) is 0. The fraction of sp³-hybridized carbons (Fsp3) is 0.294. The Hall–Kier alpha value is -3.12. The van der Waals surface area contributed by atoms with E-state index in [1.54, 1.807) is 0 Å². The lowest BCUT2D eigenvalue weighted by Crippen LogP contribution is -2.14. The van der Waals surface area contributed by atoms with Gasteiger partial charge in [0.15, 0.2) is 0 Å². The van der Waals surface area contributed by atoms with Crippen LogP contribution in [0.3, 0.4) is 0 Å². The third kappa shape index (κ3) is 4.34. The molecule has 5 aromatic carbocycles. The van der Waals surface area contributed by atoms with E-state index in [1.807, 2.05) is 27.7 Å². The fourth-order valence-corrected chi connectivity index (χ4v) is 4.92. The van der Waals surface area contributed by atoms with Crippen LogP contribution in [-0.4, -0.2) is 0 Å². The predicted molar refractivity (Wildman–Crippen MR) is 155 cm³/mol. The van der Waals surface area contributed by atoms with Gasteiger partial charge in [0.2, 0.25) is 0 Å². The van der Waals surface area contributed by atoms with Crippen molar-refractivity contribution in [3.63, 3.8) is 0 Å². The molecule has 176 valence electrons. The maximum absolute atomic E-state index is 2.43. The van der Waals surface area contributed by atoms with Gasteiger partial charge in [0, 0.05) is 5.41 Å². The molecule has 0 amide bonds. The Morgan fingerprint density at radius 2 is 0.941 bits per heavy atom. The molecule has 0 N–H and O–H groups in total. The third-order valence-electron chi connectivity index (χ3n) is 6.41. The zero-order valence-electron chi connectivity index (χ0n) is 22.3. The van der Waals surface area contributed by atoms with Crippen molar-refractivity contribution >= 4 is 32.3 Å². The maximum atomic E-state index is 2.43. The van der Waals surface area contributed by atoms with Crippen LogP contribution in [0.5, 0.6) is 0 Å². The summed E-state index contributed by atoms with van der Waals surface area (Å²) in [5.41, 5.74) is 5.69. The molecule has 6 rings (SSSR count). The Labute approximate surface area is 206 Å². The molecule has 0 heterocycles. The molecule has 0 spiro atoms. The first-order valence-electron chi connectivity index (χ1n) is 13.0. The van der Waals surface area contributed by atoms with E-state index in [-0.39, 0.29) is 5.41 Å². The Morgan fingerprint density at radius 3 is 1.56 bits per heavy atom. The molecule has 0 atom stereocenters. The highest BCUT2D eigenvalue weighted by Crippen LogP contribution is 2.51. The van der Waals surface area contributed by atoms with Crippen LogP contribution in [0, 0.1) is 0 Å². The van der Waals surface area contributed by atoms with Gasteiger partial charge in [0.1, 0.15) is 0 Å². The number of hydrogen-bond acceptors (Lipinski definition) is 0. The summed E-state index contributed by atoms with van der Waals surface area (Å²) >= 11 is 0. The molecule has 1 aliphatic rings. The average Bonchev–Trinajstić information content (AvgIpc) is 3.10. The summed E-state index contributed by atoms with van der Waals surface area (Å²) in [5.74, 6) is 0. The summed E-state index contributed by atoms with van der Waals surface area (Å²) in [5, 5.41) is 7.97. The molecular weight excluding hydrogens is 408 g/mol. The first-order valence-corrected chi connectivity index (χ1v) is 13.0. The van der Waals surface area contributed by atoms with Gasteiger partial charge in [-0.2, -0.15) is 0 Å². The molecule has 0 radical (unpaired) electrons. The molecule has 0 unspecified atom stereocenters. The van der Waals surface area contributed by atoms with Crippen molar-refractivity contribution in [3.8, 4) is 11.1 Å². The lowest BCUT2D eigenvalue weighted by molar-refractivity contribution is 0.662. The Morgan fingerprint density at radius 1 is 0.500 bits per heavy atom. The highest BCUT2D eigenvalue weighted by atomic mass is 14.4. The number of benzene rings is 5. The second-order valence-corrected chi connectivity index (χ2v) is 8.98. The van der Waals surface area contributed by atoms with Crippen LogP contribution in [0.15, 0.2) is 84.9 Å². The normalized spacial score (nSPS) is 12.5. The van der Waals surface area contributed by atoms with Crippen LogP contribution in [0.2, 0.25) is 0 Å². The van der Waals surface area contributed by atoms with E-state index in [4.69, 9.17) is 0 Å². The van der Waals surface area contributed by atoms with Crippen molar-refractivity contribution < 1.29 is 0 Å². The predicted octanol–water partition coefficient (Wildman–Crippen LogP) is 10.9. The standard InChI is InChI=1S/C27H20.C3H8.2C2H6/c1-27(2)25-14-19-9-4-3-8-18(19)13-23(25)24-16-22-20(15-26(24)27)12-11-17-7-5-6-10-21(17)22;1-3-2;2*1-2/h3-16H,1-2H3;3H2,1-2H3;2*1-2H3. The minimum atomic E-state index is 0.0224. The van der Waals surface area contributed by atoms with Crippen molar-refractivity contribution in [1.82, 2.24) is 0 Å². The Kier molecular flexibility index (Phi) is 8.15. The van der Waals surface area contributed by atoms with Gasteiger partial charge in [-0.15, -0.1) is 0 Å². The van der Waals surface area contributed by atoms with Gasteiger partial charge < -0.3 is 0 Å². The molecule has 0 aromatic heterocycles. The topological polar surface area (TPSA) is 0 Å². The minimum Gasteiger partial charge on any atom is -0.0683 e. The number of fused-ring (bicyclic) bond motifs is 7. The number of rotatable bonds is 0. The van der Waals surface area contributed by atoms with E-state index in [0.29, 0.717) is 0 Å². The van der Waals surface area contributed by atoms with Crippen LogP contribution in [0.25, 0.3) is 43.4 Å². The highest BCUT2D eigenvalue weighted by Gasteiger charge is 2.36. The van der Waals surface area contributed by atoms with Crippen molar-refractivity contribution in [2.45, 2.75) is 67.2 Å². The Balaban J connectivity index is 0.000000423. The SMILES string of the molecule is CC.CC.CC1(C)c2cc3ccccc3cc2-c2cc3c(ccc4ccccc43)cc21.CCC. The van der Waals surface area contributed by atoms with E-state index >= 15 is 0 Å². The van der Waals surface area contributed by atoms with Gasteiger partial charge in [-0.25, -0.2) is 0 Å². The van der Waals surface area contributed by atoms with Crippen molar-refractivity contribution in [1.29, 1.82) is 0 Å². The summed E-state index contributed by atoms with van der Waals surface area (Å²) in [6.45, 7) is 17.0. The van der Waals surface area contributed by atoms with E-state index in [1.165, 1.54) is 61.0 Å². The zero-order valence-corrected chi connectivity index (χ0v) is 22.3. The minimum absolute atomic E-state index is 0.0224. The van der Waals surface area contributed by atoms with Gasteiger partial charge in [-0.3, -0.25) is 0 Å². The lowest BCUT2D eigenvalue weighted by Gasteiger charge is -2.22. The van der Waals surface area contributed by atoms with Gasteiger partial charge in [0.05, 0.1) is 0 Å². The van der Waals surface area contributed by atoms with E-state index in [0.717, 1.165) is 0 Å². The first kappa shape index (κ1) is 25.5. The van der Waals surface area contributed by atoms with Crippen LogP contribution < -0.4 is 0 Å². The van der Waals surface area contributed by atoms with Crippen molar-refractivity contribution in [2.24, 2.45) is 0 Å². The maximum Gasteiger partial charge on any atom is 0.0159 e. The second-order valence-electron chi connectivity index (χ2n) is 8.98. The summed E-state index contributed by atoms with van der Waals surface area (Å²) in [6.07, 6.45) is 1.25. The highest BCUT2D eigenvalue weighted by molar-refractivity contribution is 6.10. The molecule has 1 aliphatic carbocycles. The van der Waals surface area contributed by atoms with Gasteiger partial charge in [-0.05, 0) is 78.8 Å². The lowest BCUT2D eigenvalue weighted by atomic mass is 9.81. The van der Waals surface area contributed by atoms with Gasteiger partial charge >= 0.3 is 0 Å². The summed E-state index contributed by atoms with van der Waals surface area (Å²) in [6, 6.07) is 31.5. The molecule has 0 aliphatic heterocycles. The molecule has 0 fully saturated rings. The molecule has 5 aromatic rings. The van der Waals surface area contributed by atoms with Crippen molar-refractivity contribution in [3.05, 3.63) is 96.1 Å². The number of hydrogen-bond donors (Lipinski definition) is 0. The summed E-state index contributed by atoms with van der Waals surface area (Å²) in [4.78, 5) is 0. The van der Waals surface area contributed by atoms with E-state index in [2.05, 4.69) is 113 Å². The van der Waals surface area contributed by atoms with E-state index < -0.39 is 0 Å². The third-order valence-corrected chi connectivity index (χ3v) is 6.41. The zero-order chi connectivity index (χ0) is 24.9. The molecular formula is C34H40. The monoisotopic (exact) mass is 448 g/mol. The molecule has 34 heavy (non-hydrogen) atoms. The second kappa shape index (κ2) is 10.9. The van der Waals surface area contributed by atoms with Crippen LogP contribution in [0.1, 0.15) is 72.9 Å². The average molecular weight is 449 g/mol. The van der Waals surface area contributed by atoms with Crippen molar-refractivity contribution in [2.75, 3.05) is 0 Å². The van der Waals surface area contributed by atoms with Crippen LogP contribution in [-0.2, 0) is 5.41 Å². The molecule has 0 heteroatoms. The molecule has 0 nitrogen and oxygen atoms in total. The quantitative estimate of drug-likeness (QED) is 0.207. The van der Waals surface area contributed by atoms with Gasteiger partial charge in [0.25, 0.3) is 0 Å². The smallest absolute Gasteiger partial charge is 0.0159 e. The van der Waals surface area contributed by atoms with Crippen LogP contribution >= 0.6 is 0 Å². The molecule has 0 saturated carbocycles. The fourth-order valence-electron chi connectivity index (χ4n) is 4.92.